The lowest BCUT2D eigenvalue weighted by atomic mass is 10.2. The molecular formula is C10H12F3NS2. The molecule has 0 amide bonds. The van der Waals surface area contributed by atoms with Gasteiger partial charge in [0.15, 0.2) is 0 Å². The summed E-state index contributed by atoms with van der Waals surface area (Å²) in [4.78, 5) is 4.51. The predicted molar refractivity (Wildman–Crippen MR) is 67.0 cm³/mol. The minimum absolute atomic E-state index is 0.578. The Morgan fingerprint density at radius 2 is 2.00 bits per heavy atom. The second-order valence-electron chi connectivity index (χ2n) is 3.13. The van der Waals surface area contributed by atoms with E-state index in [0.29, 0.717) is 9.27 Å². The van der Waals surface area contributed by atoms with Crippen molar-refractivity contribution in [3.63, 3.8) is 0 Å². The Balaban J connectivity index is 3.09. The molecule has 90 valence electrons. The van der Waals surface area contributed by atoms with E-state index in [0.717, 1.165) is 12.1 Å². The van der Waals surface area contributed by atoms with Crippen molar-refractivity contribution in [2.24, 2.45) is 4.99 Å². The molecule has 1 unspecified atom stereocenters. The molecule has 0 saturated carbocycles. The summed E-state index contributed by atoms with van der Waals surface area (Å²) in [5.41, 5.74) is -0.628. The molecule has 0 aliphatic heterocycles. The molecule has 0 spiro atoms. The van der Waals surface area contributed by atoms with Gasteiger partial charge in [-0.2, -0.15) is 24.1 Å². The molecule has 0 heterocycles. The molecule has 0 saturated heterocycles. The highest BCUT2D eigenvalue weighted by molar-refractivity contribution is 8.42. The van der Waals surface area contributed by atoms with Crippen LogP contribution in [0.2, 0.25) is 0 Å². The Kier molecular flexibility index (Phi) is 4.32. The third-order valence-corrected chi connectivity index (χ3v) is 5.01. The number of rotatable bonds is 1. The maximum Gasteiger partial charge on any atom is 0.416 e. The number of hydrogen-bond acceptors (Lipinski definition) is 1. The van der Waals surface area contributed by atoms with Gasteiger partial charge in [0.2, 0.25) is 0 Å². The first kappa shape index (κ1) is 13.4. The van der Waals surface area contributed by atoms with Crippen LogP contribution in [0.25, 0.3) is 0 Å². The molecule has 0 aliphatic carbocycles. The van der Waals surface area contributed by atoms with E-state index >= 15 is 0 Å². The van der Waals surface area contributed by atoms with Gasteiger partial charge in [-0.15, -0.1) is 12.6 Å². The molecule has 0 fully saturated rings. The molecule has 0 bridgehead atoms. The van der Waals surface area contributed by atoms with Crippen molar-refractivity contribution in [1.82, 2.24) is 0 Å². The maximum absolute atomic E-state index is 12.5. The summed E-state index contributed by atoms with van der Waals surface area (Å²) in [6.45, 7) is 0. The zero-order chi connectivity index (χ0) is 12.3. The standard InChI is InChI=1S/C10H12F3NS2/c1-14-9(15)16(2)8-5-3-4-7(6-8)10(11,12)13/h3-6,16H,1-2H3,(H,14,15). The van der Waals surface area contributed by atoms with Crippen LogP contribution >= 0.6 is 23.5 Å². The average Bonchev–Trinajstić information content (AvgIpc) is 2.26. The van der Waals surface area contributed by atoms with Crippen molar-refractivity contribution in [1.29, 1.82) is 0 Å². The predicted octanol–water partition coefficient (Wildman–Crippen LogP) is 3.61. The summed E-state index contributed by atoms with van der Waals surface area (Å²) >= 11 is 4.14. The minimum Gasteiger partial charge on any atom is -0.277 e. The minimum atomic E-state index is -4.30. The van der Waals surface area contributed by atoms with E-state index in [1.54, 1.807) is 13.1 Å². The fourth-order valence-electron chi connectivity index (χ4n) is 1.16. The van der Waals surface area contributed by atoms with Gasteiger partial charge in [-0.25, -0.2) is 0 Å². The van der Waals surface area contributed by atoms with Crippen molar-refractivity contribution in [3.05, 3.63) is 29.8 Å². The number of nitrogens with zero attached hydrogens (tertiary/aromatic N) is 1. The van der Waals surface area contributed by atoms with Crippen LogP contribution in [0.3, 0.4) is 0 Å². The molecule has 1 rings (SSSR count). The van der Waals surface area contributed by atoms with Crippen molar-refractivity contribution >= 4 is 27.9 Å². The van der Waals surface area contributed by atoms with Crippen molar-refractivity contribution < 1.29 is 13.2 Å². The number of benzene rings is 1. The molecule has 1 nitrogen and oxygen atoms in total. The van der Waals surface area contributed by atoms with Crippen LogP contribution in [0, 0.1) is 0 Å². The first-order chi connectivity index (χ1) is 7.36. The van der Waals surface area contributed by atoms with E-state index in [1.807, 2.05) is 6.26 Å². The second kappa shape index (κ2) is 5.14. The lowest BCUT2D eigenvalue weighted by Gasteiger charge is -2.16. The molecule has 0 N–H and O–H groups in total. The first-order valence-corrected chi connectivity index (χ1v) is 6.66. The molecule has 1 aromatic rings. The second-order valence-corrected chi connectivity index (χ2v) is 5.97. The van der Waals surface area contributed by atoms with Crippen molar-refractivity contribution in [2.45, 2.75) is 11.1 Å². The summed E-state index contributed by atoms with van der Waals surface area (Å²) in [5.74, 6) is 0. The third kappa shape index (κ3) is 3.18. The van der Waals surface area contributed by atoms with Gasteiger partial charge in [-0.3, -0.25) is 4.99 Å². The van der Waals surface area contributed by atoms with Gasteiger partial charge < -0.3 is 0 Å². The van der Waals surface area contributed by atoms with Crippen LogP contribution in [-0.4, -0.2) is 17.7 Å². The van der Waals surface area contributed by atoms with Gasteiger partial charge in [0.25, 0.3) is 0 Å². The van der Waals surface area contributed by atoms with E-state index in [9.17, 15) is 13.2 Å². The molecule has 0 radical (unpaired) electrons. The fourth-order valence-corrected chi connectivity index (χ4v) is 2.68. The fraction of sp³-hybridized carbons (Fsp3) is 0.300. The van der Waals surface area contributed by atoms with Crippen LogP contribution in [-0.2, 0) is 6.18 Å². The summed E-state index contributed by atoms with van der Waals surface area (Å²) in [6, 6.07) is 5.30. The normalized spacial score (nSPS) is 16.1. The lowest BCUT2D eigenvalue weighted by Crippen LogP contribution is -2.05. The van der Waals surface area contributed by atoms with Crippen molar-refractivity contribution in [2.75, 3.05) is 13.3 Å². The van der Waals surface area contributed by atoms with E-state index in [4.69, 9.17) is 0 Å². The Morgan fingerprint density at radius 3 is 2.50 bits per heavy atom. The number of alkyl halides is 3. The van der Waals surface area contributed by atoms with Crippen LogP contribution in [0.4, 0.5) is 13.2 Å². The van der Waals surface area contributed by atoms with Gasteiger partial charge in [-0.05, 0) is 29.4 Å². The van der Waals surface area contributed by atoms with E-state index in [2.05, 4.69) is 17.6 Å². The van der Waals surface area contributed by atoms with E-state index < -0.39 is 22.6 Å². The van der Waals surface area contributed by atoms with E-state index in [-0.39, 0.29) is 0 Å². The monoisotopic (exact) mass is 267 g/mol. The van der Waals surface area contributed by atoms with Crippen LogP contribution in [0.15, 0.2) is 34.2 Å². The molecule has 1 aromatic carbocycles. The summed E-state index contributed by atoms with van der Waals surface area (Å²) < 4.78 is 38.0. The quantitative estimate of drug-likeness (QED) is 0.438. The van der Waals surface area contributed by atoms with Gasteiger partial charge in [0.05, 0.1) is 5.56 Å². The van der Waals surface area contributed by atoms with E-state index in [1.165, 1.54) is 6.07 Å². The highest BCUT2D eigenvalue weighted by Crippen LogP contribution is 2.38. The Hall–Kier alpha value is -0.620. The maximum atomic E-state index is 12.5. The topological polar surface area (TPSA) is 12.4 Å². The average molecular weight is 267 g/mol. The highest BCUT2D eigenvalue weighted by Gasteiger charge is 2.30. The number of hydrogen-bond donors (Lipinski definition) is 2. The Labute approximate surface area is 101 Å². The Bertz CT molecular complexity index is 401. The van der Waals surface area contributed by atoms with Crippen LogP contribution in [0.1, 0.15) is 5.56 Å². The summed E-state index contributed by atoms with van der Waals surface area (Å²) in [7, 11) is 0.692. The van der Waals surface area contributed by atoms with Gasteiger partial charge >= 0.3 is 6.18 Å². The highest BCUT2D eigenvalue weighted by atomic mass is 32.2. The lowest BCUT2D eigenvalue weighted by molar-refractivity contribution is -0.137. The van der Waals surface area contributed by atoms with Crippen LogP contribution in [0.5, 0.6) is 0 Å². The number of thiol groups is 2. The summed E-state index contributed by atoms with van der Waals surface area (Å²) in [5, 5.41) is 0. The molecule has 1 atom stereocenters. The number of halogens is 3. The first-order valence-electron chi connectivity index (χ1n) is 4.43. The molecule has 6 heteroatoms. The van der Waals surface area contributed by atoms with Crippen LogP contribution < -0.4 is 0 Å². The summed E-state index contributed by atoms with van der Waals surface area (Å²) in [6.07, 6.45) is -2.47. The zero-order valence-corrected chi connectivity index (χ0v) is 10.6. The number of aliphatic imine (C=N–C) groups is 1. The molecule has 0 aromatic heterocycles. The van der Waals surface area contributed by atoms with Gasteiger partial charge in [-0.1, -0.05) is 6.07 Å². The Morgan fingerprint density at radius 1 is 1.38 bits per heavy atom. The zero-order valence-electron chi connectivity index (χ0n) is 8.78. The van der Waals surface area contributed by atoms with Gasteiger partial charge in [0.1, 0.15) is 4.38 Å². The van der Waals surface area contributed by atoms with Crippen molar-refractivity contribution in [3.8, 4) is 0 Å². The molecular weight excluding hydrogens is 255 g/mol. The largest absolute Gasteiger partial charge is 0.416 e. The third-order valence-electron chi connectivity index (χ3n) is 2.06. The molecule has 16 heavy (non-hydrogen) atoms. The smallest absolute Gasteiger partial charge is 0.277 e. The van der Waals surface area contributed by atoms with Gasteiger partial charge in [0, 0.05) is 7.05 Å². The molecule has 0 aliphatic rings. The SMILES string of the molecule is CN=C(S)[SH](C)c1cccc(C(F)(F)F)c1.